The van der Waals surface area contributed by atoms with E-state index in [4.69, 9.17) is 32.7 Å². The van der Waals surface area contributed by atoms with Crippen LogP contribution in [0.1, 0.15) is 5.56 Å². The minimum absolute atomic E-state index is 0.229. The number of methoxy groups -OCH3 is 2. The molecule has 0 saturated heterocycles. The molecule has 2 rings (SSSR count). The molecule has 0 amide bonds. The van der Waals surface area contributed by atoms with Crippen LogP contribution >= 0.6 is 23.2 Å². The summed E-state index contributed by atoms with van der Waals surface area (Å²) in [4.78, 5) is 0. The Bertz CT molecular complexity index is 627. The first-order chi connectivity index (χ1) is 10.0. The van der Waals surface area contributed by atoms with E-state index in [-0.39, 0.29) is 10.0 Å². The number of anilines is 1. The molecule has 2 aromatic rings. The maximum atomic E-state index is 13.1. The van der Waals surface area contributed by atoms with Crippen molar-refractivity contribution in [1.29, 1.82) is 0 Å². The van der Waals surface area contributed by atoms with E-state index in [1.807, 2.05) is 12.1 Å². The molecular weight excluding hydrogens is 316 g/mol. The van der Waals surface area contributed by atoms with Gasteiger partial charge in [0.25, 0.3) is 0 Å². The molecule has 3 nitrogen and oxygen atoms in total. The summed E-state index contributed by atoms with van der Waals surface area (Å²) in [6, 6.07) is 7.90. The Morgan fingerprint density at radius 2 is 1.71 bits per heavy atom. The van der Waals surface area contributed by atoms with Crippen molar-refractivity contribution >= 4 is 28.9 Å². The first-order valence-corrected chi connectivity index (χ1v) is 6.90. The summed E-state index contributed by atoms with van der Waals surface area (Å²) in [6.45, 7) is 0.429. The summed E-state index contributed by atoms with van der Waals surface area (Å²) in [5.41, 5.74) is 1.38. The Kier molecular flexibility index (Phi) is 5.15. The molecule has 0 heterocycles. The molecule has 0 aliphatic heterocycles. The van der Waals surface area contributed by atoms with Crippen LogP contribution in [-0.2, 0) is 6.54 Å². The lowest BCUT2D eigenvalue weighted by Gasteiger charge is -2.14. The van der Waals surface area contributed by atoms with Gasteiger partial charge in [-0.05, 0) is 24.3 Å². The molecule has 0 aromatic heterocycles. The fourth-order valence-electron chi connectivity index (χ4n) is 1.89. The second kappa shape index (κ2) is 6.87. The molecule has 0 saturated carbocycles. The summed E-state index contributed by atoms with van der Waals surface area (Å²) >= 11 is 12.0. The Morgan fingerprint density at radius 1 is 1.05 bits per heavy atom. The molecule has 0 radical (unpaired) electrons. The molecule has 1 N–H and O–H groups in total. The average Bonchev–Trinajstić information content (AvgIpc) is 2.46. The lowest BCUT2D eigenvalue weighted by molar-refractivity contribution is 0.391. The third-order valence-corrected chi connectivity index (χ3v) is 3.55. The second-order valence-electron chi connectivity index (χ2n) is 4.28. The van der Waals surface area contributed by atoms with Crippen molar-refractivity contribution < 1.29 is 13.9 Å². The summed E-state index contributed by atoms with van der Waals surface area (Å²) < 4.78 is 23.6. The molecule has 2 aromatic carbocycles. The fourth-order valence-corrected chi connectivity index (χ4v) is 2.49. The van der Waals surface area contributed by atoms with Crippen LogP contribution in [0.4, 0.5) is 10.1 Å². The summed E-state index contributed by atoms with van der Waals surface area (Å²) in [5.74, 6) is 0.905. The molecule has 0 fully saturated rings. The summed E-state index contributed by atoms with van der Waals surface area (Å²) in [5, 5.41) is 3.54. The van der Waals surface area contributed by atoms with Gasteiger partial charge >= 0.3 is 0 Å². The molecule has 6 heteroatoms. The van der Waals surface area contributed by atoms with Crippen LogP contribution in [0, 0.1) is 5.82 Å². The molecule has 0 bridgehead atoms. The number of benzene rings is 2. The fraction of sp³-hybridized carbons (Fsp3) is 0.200. The second-order valence-corrected chi connectivity index (χ2v) is 5.09. The van der Waals surface area contributed by atoms with Gasteiger partial charge in [-0.25, -0.2) is 4.39 Å². The first kappa shape index (κ1) is 15.7. The van der Waals surface area contributed by atoms with Crippen molar-refractivity contribution in [3.8, 4) is 11.5 Å². The van der Waals surface area contributed by atoms with Crippen molar-refractivity contribution in [1.82, 2.24) is 0 Å². The van der Waals surface area contributed by atoms with Crippen LogP contribution in [0.2, 0.25) is 10.0 Å². The zero-order valence-corrected chi connectivity index (χ0v) is 13.1. The van der Waals surface area contributed by atoms with E-state index < -0.39 is 5.82 Å². The minimum atomic E-state index is -0.474. The number of hydrogen-bond acceptors (Lipinski definition) is 3. The van der Waals surface area contributed by atoms with Gasteiger partial charge in [-0.3, -0.25) is 0 Å². The predicted molar refractivity (Wildman–Crippen MR) is 83.3 cm³/mol. The number of nitrogens with one attached hydrogen (secondary N) is 1. The van der Waals surface area contributed by atoms with Gasteiger partial charge in [-0.2, -0.15) is 0 Å². The van der Waals surface area contributed by atoms with E-state index in [1.165, 1.54) is 12.1 Å². The highest BCUT2D eigenvalue weighted by Gasteiger charge is 2.10. The summed E-state index contributed by atoms with van der Waals surface area (Å²) in [7, 11) is 3.17. The zero-order chi connectivity index (χ0) is 15.4. The Hall–Kier alpha value is -1.65. The lowest BCUT2D eigenvalue weighted by Crippen LogP contribution is -2.03. The molecule has 0 aliphatic carbocycles. The van der Waals surface area contributed by atoms with Gasteiger partial charge in [0.1, 0.15) is 17.3 Å². The quantitative estimate of drug-likeness (QED) is 0.857. The van der Waals surface area contributed by atoms with Crippen molar-refractivity contribution in [2.24, 2.45) is 0 Å². The number of ether oxygens (including phenoxy) is 2. The SMILES string of the molecule is COc1ccc(CNc2c(Cl)cc(F)cc2Cl)c(OC)c1. The van der Waals surface area contributed by atoms with Crippen LogP contribution in [0.3, 0.4) is 0 Å². The molecule has 0 spiro atoms. The summed E-state index contributed by atoms with van der Waals surface area (Å²) in [6.07, 6.45) is 0. The van der Waals surface area contributed by atoms with Gasteiger partial charge in [0.15, 0.2) is 0 Å². The van der Waals surface area contributed by atoms with Crippen LogP contribution in [0.5, 0.6) is 11.5 Å². The van der Waals surface area contributed by atoms with E-state index >= 15 is 0 Å². The maximum absolute atomic E-state index is 13.1. The van der Waals surface area contributed by atoms with Crippen molar-refractivity contribution in [2.75, 3.05) is 19.5 Å². The van der Waals surface area contributed by atoms with Crippen molar-refractivity contribution in [2.45, 2.75) is 6.54 Å². The van der Waals surface area contributed by atoms with Gasteiger partial charge < -0.3 is 14.8 Å². The number of rotatable bonds is 5. The lowest BCUT2D eigenvalue weighted by atomic mass is 10.2. The zero-order valence-electron chi connectivity index (χ0n) is 11.5. The molecule has 112 valence electrons. The van der Waals surface area contributed by atoms with Crippen LogP contribution in [-0.4, -0.2) is 14.2 Å². The largest absolute Gasteiger partial charge is 0.497 e. The number of hydrogen-bond donors (Lipinski definition) is 1. The van der Waals surface area contributed by atoms with E-state index in [9.17, 15) is 4.39 Å². The van der Waals surface area contributed by atoms with Crippen LogP contribution in [0.25, 0.3) is 0 Å². The van der Waals surface area contributed by atoms with Crippen LogP contribution < -0.4 is 14.8 Å². The normalized spacial score (nSPS) is 10.3. The predicted octanol–water partition coefficient (Wildman–Crippen LogP) is 4.76. The smallest absolute Gasteiger partial charge is 0.127 e. The monoisotopic (exact) mass is 329 g/mol. The first-order valence-electron chi connectivity index (χ1n) is 6.14. The van der Waals surface area contributed by atoms with E-state index in [2.05, 4.69) is 5.32 Å². The molecule has 0 aliphatic rings. The highest BCUT2D eigenvalue weighted by atomic mass is 35.5. The molecule has 0 unspecified atom stereocenters. The molecule has 21 heavy (non-hydrogen) atoms. The highest BCUT2D eigenvalue weighted by molar-refractivity contribution is 6.39. The van der Waals surface area contributed by atoms with Gasteiger partial charge in [0.2, 0.25) is 0 Å². The standard InChI is InChI=1S/C15H14Cl2FNO2/c1-20-11-4-3-9(14(7-11)21-2)8-19-15-12(16)5-10(18)6-13(15)17/h3-7,19H,8H2,1-2H3. The van der Waals surface area contributed by atoms with Crippen molar-refractivity contribution in [3.63, 3.8) is 0 Å². The van der Waals surface area contributed by atoms with E-state index in [1.54, 1.807) is 20.3 Å². The van der Waals surface area contributed by atoms with Crippen molar-refractivity contribution in [3.05, 3.63) is 51.8 Å². The minimum Gasteiger partial charge on any atom is -0.497 e. The molecule has 0 atom stereocenters. The number of halogens is 3. The van der Waals surface area contributed by atoms with Crippen LogP contribution in [0.15, 0.2) is 30.3 Å². The van der Waals surface area contributed by atoms with E-state index in [0.29, 0.717) is 23.7 Å². The van der Waals surface area contributed by atoms with Gasteiger partial charge in [0, 0.05) is 18.2 Å². The van der Waals surface area contributed by atoms with E-state index in [0.717, 1.165) is 5.56 Å². The topological polar surface area (TPSA) is 30.5 Å². The maximum Gasteiger partial charge on any atom is 0.127 e. The third kappa shape index (κ3) is 3.71. The average molecular weight is 330 g/mol. The van der Waals surface area contributed by atoms with Gasteiger partial charge in [-0.15, -0.1) is 0 Å². The van der Waals surface area contributed by atoms with Gasteiger partial charge in [-0.1, -0.05) is 23.2 Å². The molecular formula is C15H14Cl2FNO2. The Balaban J connectivity index is 2.20. The highest BCUT2D eigenvalue weighted by Crippen LogP contribution is 2.33. The Labute approximate surface area is 132 Å². The van der Waals surface area contributed by atoms with Gasteiger partial charge in [0.05, 0.1) is 30.0 Å². The Morgan fingerprint density at radius 3 is 2.29 bits per heavy atom. The third-order valence-electron chi connectivity index (χ3n) is 2.96.